The summed E-state index contributed by atoms with van der Waals surface area (Å²) in [6, 6.07) is 24.6. The molecule has 3 aliphatic carbocycles. The fourth-order valence-electron chi connectivity index (χ4n) is 5.06. The zero-order chi connectivity index (χ0) is 17.3. The van der Waals surface area contributed by atoms with E-state index in [9.17, 15) is 0 Å². The molecule has 3 aromatic rings. The van der Waals surface area contributed by atoms with E-state index in [1.807, 2.05) is 6.08 Å². The molecule has 0 aliphatic heterocycles. The van der Waals surface area contributed by atoms with Crippen LogP contribution in [0.25, 0.3) is 16.7 Å². The third-order valence-electron chi connectivity index (χ3n) is 6.00. The lowest BCUT2D eigenvalue weighted by Gasteiger charge is -2.30. The monoisotopic (exact) mass is 328 g/mol. The number of rotatable bonds is 0. The van der Waals surface area contributed by atoms with Gasteiger partial charge in [0.05, 0.1) is 5.41 Å². The number of allylic oxidation sites excluding steroid dienone is 4. The Labute approximate surface area is 153 Å². The van der Waals surface area contributed by atoms with Crippen molar-refractivity contribution in [2.24, 2.45) is 0 Å². The first kappa shape index (κ1) is 13.9. The second-order valence-electron chi connectivity index (χ2n) is 7.28. The third-order valence-corrected chi connectivity index (χ3v) is 6.00. The van der Waals surface area contributed by atoms with E-state index in [0.717, 1.165) is 0 Å². The quantitative estimate of drug-likeness (QED) is 0.447. The van der Waals surface area contributed by atoms with Gasteiger partial charge in [-0.1, -0.05) is 83.8 Å². The number of hydrogen-bond donors (Lipinski definition) is 0. The van der Waals surface area contributed by atoms with Crippen LogP contribution in [-0.4, -0.2) is 0 Å². The van der Waals surface area contributed by atoms with E-state index < -0.39 is 0 Å². The maximum absolute atomic E-state index is 3.41. The second-order valence-corrected chi connectivity index (χ2v) is 7.28. The normalized spacial score (nSPS) is 16.7. The fourth-order valence-corrected chi connectivity index (χ4v) is 5.06. The number of hydrogen-bond acceptors (Lipinski definition) is 0. The highest BCUT2D eigenvalue weighted by molar-refractivity contribution is 6.00. The van der Waals surface area contributed by atoms with Gasteiger partial charge in [-0.25, -0.2) is 0 Å². The molecule has 0 aromatic heterocycles. The molecule has 3 aromatic carbocycles. The second kappa shape index (κ2) is 4.65. The van der Waals surface area contributed by atoms with Gasteiger partial charge in [0.15, 0.2) is 0 Å². The average Bonchev–Trinajstić information content (AvgIpc) is 3.15. The highest BCUT2D eigenvalue weighted by Gasteiger charge is 2.53. The summed E-state index contributed by atoms with van der Waals surface area (Å²) >= 11 is 0. The topological polar surface area (TPSA) is 0 Å². The molecule has 0 N–H and O–H groups in total. The first-order chi connectivity index (χ1) is 12.8. The molecule has 1 spiro atoms. The Hall–Kier alpha value is -3.30. The van der Waals surface area contributed by atoms with Gasteiger partial charge in [0.1, 0.15) is 0 Å². The fraction of sp³-hybridized carbons (Fsp3) is 0.0769. The zero-order valence-electron chi connectivity index (χ0n) is 14.5. The predicted molar refractivity (Wildman–Crippen MR) is 106 cm³/mol. The van der Waals surface area contributed by atoms with Crippen molar-refractivity contribution in [3.8, 4) is 11.1 Å². The Morgan fingerprint density at radius 2 is 1.42 bits per heavy atom. The van der Waals surface area contributed by atoms with Gasteiger partial charge in [-0.3, -0.25) is 0 Å². The first-order valence-corrected chi connectivity index (χ1v) is 9.05. The molecule has 120 valence electrons. The summed E-state index contributed by atoms with van der Waals surface area (Å²) < 4.78 is 0. The minimum atomic E-state index is -0.241. The Morgan fingerprint density at radius 1 is 0.731 bits per heavy atom. The highest BCUT2D eigenvalue weighted by Crippen LogP contribution is 2.63. The van der Waals surface area contributed by atoms with Crippen molar-refractivity contribution in [1.29, 1.82) is 0 Å². The van der Waals surface area contributed by atoms with Gasteiger partial charge in [0, 0.05) is 5.57 Å². The van der Waals surface area contributed by atoms with Crippen LogP contribution in [-0.2, 0) is 5.41 Å². The molecule has 0 unspecified atom stereocenters. The SMILES string of the molecule is Cc1ccc2c(c1)C1(C3=CC=C=C=C32)c2ccccc2-c2ccccc21. The maximum Gasteiger partial charge on any atom is 0.0732 e. The maximum atomic E-state index is 3.41. The predicted octanol–water partition coefficient (Wildman–Crippen LogP) is 5.96. The summed E-state index contributed by atoms with van der Waals surface area (Å²) in [5.74, 6) is 0. The van der Waals surface area contributed by atoms with Crippen molar-refractivity contribution in [3.05, 3.63) is 124 Å². The van der Waals surface area contributed by atoms with Crippen molar-refractivity contribution in [1.82, 2.24) is 0 Å². The molecular weight excluding hydrogens is 312 g/mol. The summed E-state index contributed by atoms with van der Waals surface area (Å²) in [4.78, 5) is 0. The van der Waals surface area contributed by atoms with Gasteiger partial charge in [0.25, 0.3) is 0 Å². The van der Waals surface area contributed by atoms with Crippen LogP contribution in [0.2, 0.25) is 0 Å². The number of benzene rings is 3. The Bertz CT molecular complexity index is 1210. The number of fused-ring (bicyclic) bond motifs is 10. The van der Waals surface area contributed by atoms with Gasteiger partial charge in [-0.05, 0) is 58.0 Å². The summed E-state index contributed by atoms with van der Waals surface area (Å²) in [5.41, 5.74) is 18.3. The molecule has 0 amide bonds. The van der Waals surface area contributed by atoms with Crippen LogP contribution in [0.4, 0.5) is 0 Å². The zero-order valence-corrected chi connectivity index (χ0v) is 14.5. The van der Waals surface area contributed by atoms with Crippen LogP contribution in [0.5, 0.6) is 0 Å². The van der Waals surface area contributed by atoms with Crippen molar-refractivity contribution in [2.75, 3.05) is 0 Å². The molecule has 6 rings (SSSR count). The summed E-state index contributed by atoms with van der Waals surface area (Å²) in [6.45, 7) is 2.18. The lowest BCUT2D eigenvalue weighted by Crippen LogP contribution is -2.26. The van der Waals surface area contributed by atoms with E-state index >= 15 is 0 Å². The summed E-state index contributed by atoms with van der Waals surface area (Å²) in [5, 5.41) is 0. The molecule has 3 aliphatic rings. The third kappa shape index (κ3) is 1.44. The molecule has 0 heterocycles. The smallest absolute Gasteiger partial charge is 0.0696 e. The summed E-state index contributed by atoms with van der Waals surface area (Å²) in [7, 11) is 0. The van der Waals surface area contributed by atoms with Gasteiger partial charge in [0.2, 0.25) is 0 Å². The molecule has 0 bridgehead atoms. The molecular formula is C26H16. The van der Waals surface area contributed by atoms with E-state index in [-0.39, 0.29) is 5.41 Å². The minimum absolute atomic E-state index is 0.241. The molecule has 0 fully saturated rings. The molecule has 0 saturated carbocycles. The van der Waals surface area contributed by atoms with Gasteiger partial charge in [-0.15, -0.1) is 0 Å². The van der Waals surface area contributed by atoms with Crippen LogP contribution in [0.1, 0.15) is 27.8 Å². The average molecular weight is 328 g/mol. The van der Waals surface area contributed by atoms with E-state index in [0.29, 0.717) is 0 Å². The van der Waals surface area contributed by atoms with E-state index in [1.165, 1.54) is 50.1 Å². The molecule has 0 heteroatoms. The van der Waals surface area contributed by atoms with E-state index in [2.05, 4.69) is 91.2 Å². The molecule has 26 heavy (non-hydrogen) atoms. The van der Waals surface area contributed by atoms with Crippen LogP contribution >= 0.6 is 0 Å². The first-order valence-electron chi connectivity index (χ1n) is 9.05. The van der Waals surface area contributed by atoms with Gasteiger partial charge >= 0.3 is 0 Å². The minimum Gasteiger partial charge on any atom is -0.0696 e. The van der Waals surface area contributed by atoms with E-state index in [4.69, 9.17) is 0 Å². The highest BCUT2D eigenvalue weighted by atomic mass is 14.5. The van der Waals surface area contributed by atoms with Crippen LogP contribution in [0.15, 0.2) is 95.9 Å². The van der Waals surface area contributed by atoms with Crippen LogP contribution in [0, 0.1) is 6.92 Å². The molecule has 0 nitrogen and oxygen atoms in total. The van der Waals surface area contributed by atoms with E-state index in [1.54, 1.807) is 0 Å². The molecule has 0 saturated heterocycles. The lowest BCUT2D eigenvalue weighted by molar-refractivity contribution is 0.793. The Kier molecular flexibility index (Phi) is 2.49. The Balaban J connectivity index is 1.87. The van der Waals surface area contributed by atoms with Gasteiger partial charge in [-0.2, -0.15) is 0 Å². The molecule has 0 radical (unpaired) electrons. The lowest BCUT2D eigenvalue weighted by atomic mass is 9.70. The molecule has 0 atom stereocenters. The Morgan fingerprint density at radius 3 is 2.15 bits per heavy atom. The van der Waals surface area contributed by atoms with Gasteiger partial charge < -0.3 is 0 Å². The van der Waals surface area contributed by atoms with Crippen LogP contribution in [0.3, 0.4) is 0 Å². The van der Waals surface area contributed by atoms with Crippen LogP contribution < -0.4 is 0 Å². The van der Waals surface area contributed by atoms with Crippen molar-refractivity contribution in [2.45, 2.75) is 12.3 Å². The largest absolute Gasteiger partial charge is 0.0732 e. The number of aryl methyl sites for hydroxylation is 1. The standard InChI is InChI=1S/C26H16/c1-17-14-15-21-20-10-4-7-13-24(20)26(25(21)16-17)22-11-5-2-8-18(22)19-9-3-6-12-23(19)26/h2-3,5-9,11-16H,1H3. The summed E-state index contributed by atoms with van der Waals surface area (Å²) in [6.07, 6.45) is 4.24. The van der Waals surface area contributed by atoms with Crippen molar-refractivity contribution >= 4 is 5.57 Å². The van der Waals surface area contributed by atoms with Crippen molar-refractivity contribution in [3.63, 3.8) is 0 Å². The van der Waals surface area contributed by atoms with Crippen molar-refractivity contribution < 1.29 is 0 Å².